The predicted octanol–water partition coefficient (Wildman–Crippen LogP) is 5.17. The number of para-hydroxylation sites is 1. The topological polar surface area (TPSA) is 93.7 Å². The Morgan fingerprint density at radius 1 is 1.17 bits per heavy atom. The van der Waals surface area contributed by atoms with Crippen molar-refractivity contribution in [2.24, 2.45) is 5.73 Å². The van der Waals surface area contributed by atoms with Crippen LogP contribution in [0.4, 0.5) is 17.3 Å². The normalized spacial score (nSPS) is 13.6. The summed E-state index contributed by atoms with van der Waals surface area (Å²) in [5.74, 6) is 1.21. The summed E-state index contributed by atoms with van der Waals surface area (Å²) >= 11 is 0. The van der Waals surface area contributed by atoms with Crippen LogP contribution in [0.3, 0.4) is 0 Å². The highest BCUT2D eigenvalue weighted by atomic mass is 16.5. The number of ether oxygens (including phenoxy) is 2. The zero-order chi connectivity index (χ0) is 29.1. The number of hydrogen-bond donors (Lipinski definition) is 2. The number of methoxy groups -OCH3 is 1. The van der Waals surface area contributed by atoms with Gasteiger partial charge in [0.2, 0.25) is 5.95 Å². The van der Waals surface area contributed by atoms with Gasteiger partial charge in [-0.2, -0.15) is 0 Å². The number of nitrogens with zero attached hydrogens (tertiary/aromatic N) is 5. The van der Waals surface area contributed by atoms with E-state index in [-0.39, 0.29) is 5.54 Å². The van der Waals surface area contributed by atoms with Gasteiger partial charge >= 0.3 is 0 Å². The lowest BCUT2D eigenvalue weighted by molar-refractivity contribution is 0.0869. The van der Waals surface area contributed by atoms with E-state index in [0.717, 1.165) is 47.0 Å². The lowest BCUT2D eigenvalue weighted by atomic mass is 10.0. The van der Waals surface area contributed by atoms with Crippen LogP contribution in [0.25, 0.3) is 22.2 Å². The molecule has 216 valence electrons. The summed E-state index contributed by atoms with van der Waals surface area (Å²) in [6, 6.07) is 14.6. The molecule has 0 aliphatic carbocycles. The Bertz CT molecular complexity index is 1560. The highest BCUT2D eigenvalue weighted by Crippen LogP contribution is 2.38. The molecular formula is C32H41N7O2. The van der Waals surface area contributed by atoms with Crippen LogP contribution < -0.4 is 20.7 Å². The number of allylic oxidation sites excluding steroid dienone is 1. The number of likely N-dealkylation sites (N-methyl/N-ethyl adjacent to an activating group) is 2. The maximum atomic E-state index is 5.86. The van der Waals surface area contributed by atoms with E-state index in [9.17, 15) is 0 Å². The molecule has 0 amide bonds. The van der Waals surface area contributed by atoms with Crippen molar-refractivity contribution in [3.8, 4) is 17.0 Å². The van der Waals surface area contributed by atoms with Crippen LogP contribution in [-0.4, -0.2) is 66.4 Å². The van der Waals surface area contributed by atoms with E-state index in [1.807, 2.05) is 12.1 Å². The Balaban J connectivity index is 1.52. The Hall–Kier alpha value is -4.08. The lowest BCUT2D eigenvalue weighted by Crippen LogP contribution is -2.47. The van der Waals surface area contributed by atoms with Crippen molar-refractivity contribution in [1.82, 2.24) is 19.4 Å². The molecule has 0 unspecified atom stereocenters. The number of fused-ring (bicyclic) bond motifs is 3. The van der Waals surface area contributed by atoms with Gasteiger partial charge in [0.1, 0.15) is 5.75 Å². The van der Waals surface area contributed by atoms with Gasteiger partial charge in [0.05, 0.1) is 37.4 Å². The molecule has 9 nitrogen and oxygen atoms in total. The highest BCUT2D eigenvalue weighted by molar-refractivity contribution is 5.97. The van der Waals surface area contributed by atoms with Gasteiger partial charge in [0, 0.05) is 60.1 Å². The molecule has 1 aliphatic heterocycles. The van der Waals surface area contributed by atoms with E-state index in [4.69, 9.17) is 20.2 Å². The molecule has 0 bridgehead atoms. The molecule has 0 fully saturated rings. The van der Waals surface area contributed by atoms with Crippen LogP contribution in [0.15, 0.2) is 60.9 Å². The van der Waals surface area contributed by atoms with Crippen molar-refractivity contribution in [1.29, 1.82) is 0 Å². The van der Waals surface area contributed by atoms with Gasteiger partial charge in [-0.3, -0.25) is 0 Å². The minimum atomic E-state index is -0.0261. The predicted molar refractivity (Wildman–Crippen MR) is 167 cm³/mol. The largest absolute Gasteiger partial charge is 0.494 e. The fourth-order valence-electron chi connectivity index (χ4n) is 5.45. The first kappa shape index (κ1) is 28.4. The minimum absolute atomic E-state index is 0.0261. The van der Waals surface area contributed by atoms with Crippen LogP contribution in [0.1, 0.15) is 25.1 Å². The van der Waals surface area contributed by atoms with E-state index < -0.39 is 0 Å². The average molecular weight is 556 g/mol. The summed E-state index contributed by atoms with van der Waals surface area (Å²) in [5, 5.41) is 4.60. The van der Waals surface area contributed by atoms with Crippen LogP contribution in [-0.2, 0) is 24.3 Å². The fourth-order valence-corrected chi connectivity index (χ4v) is 5.45. The van der Waals surface area contributed by atoms with Gasteiger partial charge in [0.15, 0.2) is 0 Å². The van der Waals surface area contributed by atoms with Gasteiger partial charge in [-0.15, -0.1) is 0 Å². The van der Waals surface area contributed by atoms with Gasteiger partial charge in [-0.1, -0.05) is 24.3 Å². The standard InChI is InChI=1S/C32H41N7O2/c1-32(2,37(3)4)21-38(5)27-19-29(40-6)25(18-22(27)10-9-14-33)36-31-34-15-13-24(35-31)30-23-11-7-8-12-26(23)39-16-17-41-20-28(30)39/h7-9,11-15,18-19H,10,16-17,20-21,33H2,1-6H3,(H,34,35,36). The van der Waals surface area contributed by atoms with Crippen LogP contribution in [0.2, 0.25) is 0 Å². The maximum Gasteiger partial charge on any atom is 0.227 e. The monoisotopic (exact) mass is 555 g/mol. The third-order valence-electron chi connectivity index (χ3n) is 8.06. The molecule has 1 aliphatic rings. The first-order valence-corrected chi connectivity index (χ1v) is 14.0. The summed E-state index contributed by atoms with van der Waals surface area (Å²) in [7, 11) is 8.01. The lowest BCUT2D eigenvalue weighted by Gasteiger charge is -2.38. The molecule has 5 rings (SSSR count). The van der Waals surface area contributed by atoms with Crippen LogP contribution in [0, 0.1) is 0 Å². The summed E-state index contributed by atoms with van der Waals surface area (Å²) in [4.78, 5) is 14.0. The van der Waals surface area contributed by atoms with Gasteiger partial charge < -0.3 is 34.9 Å². The van der Waals surface area contributed by atoms with Crippen molar-refractivity contribution in [3.05, 3.63) is 72.2 Å². The summed E-state index contributed by atoms with van der Waals surface area (Å²) < 4.78 is 14.1. The molecule has 0 spiro atoms. The molecule has 0 atom stereocenters. The molecular weight excluding hydrogens is 514 g/mol. The summed E-state index contributed by atoms with van der Waals surface area (Å²) in [5.41, 5.74) is 13.0. The quantitative estimate of drug-likeness (QED) is 0.277. The van der Waals surface area contributed by atoms with Crippen molar-refractivity contribution in [2.75, 3.05) is 51.6 Å². The molecule has 3 N–H and O–H groups in total. The molecule has 0 saturated carbocycles. The molecule has 4 aromatic rings. The molecule has 0 radical (unpaired) electrons. The first-order chi connectivity index (χ1) is 19.7. The summed E-state index contributed by atoms with van der Waals surface area (Å²) in [6.07, 6.45) is 6.02. The van der Waals surface area contributed by atoms with Crippen molar-refractivity contribution in [2.45, 2.75) is 39.0 Å². The van der Waals surface area contributed by atoms with Crippen LogP contribution in [0.5, 0.6) is 5.75 Å². The van der Waals surface area contributed by atoms with Crippen LogP contribution >= 0.6 is 0 Å². The number of anilines is 3. The number of benzene rings is 2. The Labute approximate surface area is 242 Å². The maximum absolute atomic E-state index is 5.86. The molecule has 0 saturated heterocycles. The third-order valence-corrected chi connectivity index (χ3v) is 8.06. The van der Waals surface area contributed by atoms with E-state index in [1.165, 1.54) is 10.9 Å². The SMILES string of the molecule is COc1cc(N(C)CC(C)(C)N(C)C)c(CC=CN)cc1Nc1nccc(-c2c3n(c4ccccc24)CCOC3)n1. The third kappa shape index (κ3) is 5.73. The van der Waals surface area contributed by atoms with E-state index in [1.54, 1.807) is 19.5 Å². The molecule has 41 heavy (non-hydrogen) atoms. The van der Waals surface area contributed by atoms with Crippen molar-refractivity contribution >= 4 is 28.2 Å². The van der Waals surface area contributed by atoms with Gasteiger partial charge in [-0.25, -0.2) is 9.97 Å². The van der Waals surface area contributed by atoms with E-state index in [0.29, 0.717) is 31.3 Å². The van der Waals surface area contributed by atoms with Gasteiger partial charge in [0.25, 0.3) is 0 Å². The van der Waals surface area contributed by atoms with Crippen molar-refractivity contribution < 1.29 is 9.47 Å². The second-order valence-corrected chi connectivity index (χ2v) is 11.3. The average Bonchev–Trinajstić information content (AvgIpc) is 3.30. The number of aromatic nitrogens is 3. The van der Waals surface area contributed by atoms with Crippen molar-refractivity contribution in [3.63, 3.8) is 0 Å². The zero-order valence-electron chi connectivity index (χ0n) is 24.9. The number of hydrogen-bond acceptors (Lipinski definition) is 8. The Kier molecular flexibility index (Phi) is 8.19. The number of rotatable bonds is 10. The number of nitrogens with two attached hydrogens (primary N) is 1. The molecule has 2 aromatic carbocycles. The smallest absolute Gasteiger partial charge is 0.227 e. The second kappa shape index (κ2) is 11.8. The minimum Gasteiger partial charge on any atom is -0.494 e. The van der Waals surface area contributed by atoms with Gasteiger partial charge in [-0.05, 0) is 64.3 Å². The molecule has 9 heteroatoms. The first-order valence-electron chi connectivity index (χ1n) is 14.0. The Morgan fingerprint density at radius 3 is 2.73 bits per heavy atom. The fraction of sp³-hybridized carbons (Fsp3) is 0.375. The zero-order valence-corrected chi connectivity index (χ0v) is 24.9. The molecule has 3 heterocycles. The summed E-state index contributed by atoms with van der Waals surface area (Å²) in [6.45, 7) is 7.40. The second-order valence-electron chi connectivity index (χ2n) is 11.3. The Morgan fingerprint density at radius 2 is 1.98 bits per heavy atom. The highest BCUT2D eigenvalue weighted by Gasteiger charge is 2.25. The molecule has 2 aromatic heterocycles. The van der Waals surface area contributed by atoms with E-state index in [2.05, 4.69) is 96.1 Å². The van der Waals surface area contributed by atoms with E-state index >= 15 is 0 Å². The number of nitrogens with one attached hydrogen (secondary N) is 1.